The first kappa shape index (κ1) is 12.9. The van der Waals surface area contributed by atoms with Gasteiger partial charge < -0.3 is 10.1 Å². The maximum absolute atomic E-state index is 11.5. The molecule has 1 heterocycles. The summed E-state index contributed by atoms with van der Waals surface area (Å²) in [5, 5.41) is 11.4. The number of aromatic nitrogens is 3. The first-order chi connectivity index (χ1) is 9.28. The fourth-order valence-electron chi connectivity index (χ4n) is 1.53. The molecule has 2 rings (SSSR count). The van der Waals surface area contributed by atoms with Crippen molar-refractivity contribution in [2.75, 3.05) is 19.0 Å². The Labute approximate surface area is 110 Å². The number of nitrogens with zero attached hydrogens (tertiary/aromatic N) is 2. The number of ether oxygens (including phenoxy) is 1. The summed E-state index contributed by atoms with van der Waals surface area (Å²) >= 11 is 0. The van der Waals surface area contributed by atoms with Gasteiger partial charge in [0.05, 0.1) is 7.11 Å². The van der Waals surface area contributed by atoms with Gasteiger partial charge >= 0.3 is 6.03 Å². The van der Waals surface area contributed by atoms with Crippen LogP contribution in [0.1, 0.15) is 5.56 Å². The number of aromatic amines is 1. The molecule has 7 nitrogen and oxygen atoms in total. The molecule has 19 heavy (non-hydrogen) atoms. The van der Waals surface area contributed by atoms with Crippen molar-refractivity contribution in [3.63, 3.8) is 0 Å². The number of nitrogens with one attached hydrogen (secondary N) is 3. The zero-order valence-corrected chi connectivity index (χ0v) is 10.5. The Morgan fingerprint density at radius 3 is 2.79 bits per heavy atom. The summed E-state index contributed by atoms with van der Waals surface area (Å²) in [5.41, 5.74) is 1.13. The molecule has 1 aromatic heterocycles. The molecule has 0 saturated heterocycles. The van der Waals surface area contributed by atoms with Crippen LogP contribution in [0.3, 0.4) is 0 Å². The SMILES string of the molecule is COc1ccc(CCNC(=O)Nc2ncn[nH]2)cc1. The summed E-state index contributed by atoms with van der Waals surface area (Å²) in [7, 11) is 1.63. The van der Waals surface area contributed by atoms with Crippen LogP contribution >= 0.6 is 0 Å². The van der Waals surface area contributed by atoms with Gasteiger partial charge in [-0.25, -0.2) is 9.89 Å². The molecule has 100 valence electrons. The van der Waals surface area contributed by atoms with E-state index in [1.807, 2.05) is 24.3 Å². The minimum Gasteiger partial charge on any atom is -0.497 e. The van der Waals surface area contributed by atoms with E-state index in [0.29, 0.717) is 12.5 Å². The Bertz CT molecular complexity index is 509. The van der Waals surface area contributed by atoms with Crippen molar-refractivity contribution in [2.45, 2.75) is 6.42 Å². The van der Waals surface area contributed by atoms with Crippen molar-refractivity contribution >= 4 is 12.0 Å². The lowest BCUT2D eigenvalue weighted by atomic mass is 10.1. The molecular formula is C12H15N5O2. The highest BCUT2D eigenvalue weighted by molar-refractivity contribution is 5.87. The van der Waals surface area contributed by atoms with Crippen molar-refractivity contribution in [3.8, 4) is 5.75 Å². The molecule has 0 atom stereocenters. The van der Waals surface area contributed by atoms with Crippen LogP contribution in [0.2, 0.25) is 0 Å². The molecule has 7 heteroatoms. The van der Waals surface area contributed by atoms with Gasteiger partial charge in [-0.1, -0.05) is 12.1 Å². The number of benzene rings is 1. The first-order valence-corrected chi connectivity index (χ1v) is 5.81. The smallest absolute Gasteiger partial charge is 0.321 e. The van der Waals surface area contributed by atoms with Gasteiger partial charge in [-0.05, 0) is 24.1 Å². The molecule has 0 radical (unpaired) electrons. The second kappa shape index (κ2) is 6.39. The van der Waals surface area contributed by atoms with Gasteiger partial charge in [0.1, 0.15) is 12.1 Å². The highest BCUT2D eigenvalue weighted by atomic mass is 16.5. The van der Waals surface area contributed by atoms with Crippen LogP contribution in [-0.2, 0) is 6.42 Å². The topological polar surface area (TPSA) is 91.9 Å². The van der Waals surface area contributed by atoms with Gasteiger partial charge in [0.25, 0.3) is 0 Å². The molecular weight excluding hydrogens is 246 g/mol. The predicted octanol–water partition coefficient (Wildman–Crippen LogP) is 1.18. The van der Waals surface area contributed by atoms with E-state index in [1.54, 1.807) is 7.11 Å². The minimum absolute atomic E-state index is 0.315. The zero-order chi connectivity index (χ0) is 13.5. The van der Waals surface area contributed by atoms with Gasteiger partial charge in [-0.3, -0.25) is 5.32 Å². The molecule has 0 aliphatic heterocycles. The van der Waals surface area contributed by atoms with E-state index >= 15 is 0 Å². The Morgan fingerprint density at radius 2 is 2.16 bits per heavy atom. The van der Waals surface area contributed by atoms with E-state index in [4.69, 9.17) is 4.74 Å². The van der Waals surface area contributed by atoms with Gasteiger partial charge in [0.15, 0.2) is 0 Å². The Balaban J connectivity index is 1.72. The highest BCUT2D eigenvalue weighted by Gasteiger charge is 2.02. The average molecular weight is 261 g/mol. The zero-order valence-electron chi connectivity index (χ0n) is 10.5. The number of carbonyl (C=O) groups is 1. The predicted molar refractivity (Wildman–Crippen MR) is 70.1 cm³/mol. The van der Waals surface area contributed by atoms with Crippen LogP contribution < -0.4 is 15.4 Å². The van der Waals surface area contributed by atoms with Gasteiger partial charge in [0, 0.05) is 6.54 Å². The maximum Gasteiger partial charge on any atom is 0.321 e. The Morgan fingerprint density at radius 1 is 1.37 bits per heavy atom. The number of carbonyl (C=O) groups excluding carboxylic acids is 1. The number of rotatable bonds is 5. The molecule has 0 saturated carbocycles. The molecule has 1 aromatic carbocycles. The first-order valence-electron chi connectivity index (χ1n) is 5.81. The van der Waals surface area contributed by atoms with Gasteiger partial charge in [-0.15, -0.1) is 0 Å². The standard InChI is InChI=1S/C12H15N5O2/c1-19-10-4-2-9(3-5-10)6-7-13-12(18)16-11-14-8-15-17-11/h2-5,8H,6-7H2,1H3,(H3,13,14,15,16,17,18). The summed E-state index contributed by atoms with van der Waals surface area (Å²) in [5.74, 6) is 1.14. The van der Waals surface area contributed by atoms with Crippen LogP contribution in [0.25, 0.3) is 0 Å². The summed E-state index contributed by atoms with van der Waals surface area (Å²) in [4.78, 5) is 15.3. The third-order valence-corrected chi connectivity index (χ3v) is 2.51. The fraction of sp³-hybridized carbons (Fsp3) is 0.250. The third-order valence-electron chi connectivity index (χ3n) is 2.51. The maximum atomic E-state index is 11.5. The normalized spacial score (nSPS) is 9.95. The number of hydrogen-bond donors (Lipinski definition) is 3. The number of anilines is 1. The van der Waals surface area contributed by atoms with E-state index in [9.17, 15) is 4.79 Å². The van der Waals surface area contributed by atoms with Crippen molar-refractivity contribution in [1.29, 1.82) is 0 Å². The number of hydrogen-bond acceptors (Lipinski definition) is 4. The molecule has 0 bridgehead atoms. The fourth-order valence-corrected chi connectivity index (χ4v) is 1.53. The summed E-state index contributed by atoms with van der Waals surface area (Å²) in [6, 6.07) is 7.41. The summed E-state index contributed by atoms with van der Waals surface area (Å²) < 4.78 is 5.07. The van der Waals surface area contributed by atoms with Crippen molar-refractivity contribution in [1.82, 2.24) is 20.5 Å². The number of methoxy groups -OCH3 is 1. The summed E-state index contributed by atoms with van der Waals surface area (Å²) in [6.07, 6.45) is 2.07. The van der Waals surface area contributed by atoms with Crippen LogP contribution in [0.5, 0.6) is 5.75 Å². The van der Waals surface area contributed by atoms with E-state index in [2.05, 4.69) is 25.8 Å². The van der Waals surface area contributed by atoms with E-state index in [0.717, 1.165) is 17.7 Å². The second-order valence-electron chi connectivity index (χ2n) is 3.81. The highest BCUT2D eigenvalue weighted by Crippen LogP contribution is 2.11. The molecule has 0 fully saturated rings. The molecule has 0 aliphatic carbocycles. The largest absolute Gasteiger partial charge is 0.497 e. The average Bonchev–Trinajstić information content (AvgIpc) is 2.92. The molecule has 2 aromatic rings. The van der Waals surface area contributed by atoms with Gasteiger partial charge in [-0.2, -0.15) is 10.1 Å². The molecule has 3 N–H and O–H groups in total. The van der Waals surface area contributed by atoms with Crippen LogP contribution in [0.15, 0.2) is 30.6 Å². The van der Waals surface area contributed by atoms with Gasteiger partial charge in [0.2, 0.25) is 5.95 Å². The lowest BCUT2D eigenvalue weighted by Crippen LogP contribution is -2.30. The molecule has 2 amide bonds. The number of urea groups is 1. The lowest BCUT2D eigenvalue weighted by Gasteiger charge is -2.06. The quantitative estimate of drug-likeness (QED) is 0.753. The van der Waals surface area contributed by atoms with Crippen LogP contribution in [0.4, 0.5) is 10.7 Å². The van der Waals surface area contributed by atoms with E-state index in [-0.39, 0.29) is 6.03 Å². The van der Waals surface area contributed by atoms with E-state index in [1.165, 1.54) is 6.33 Å². The second-order valence-corrected chi connectivity index (χ2v) is 3.81. The lowest BCUT2D eigenvalue weighted by molar-refractivity contribution is 0.252. The van der Waals surface area contributed by atoms with Crippen LogP contribution in [0, 0.1) is 0 Å². The van der Waals surface area contributed by atoms with Crippen molar-refractivity contribution in [3.05, 3.63) is 36.2 Å². The molecule has 0 aliphatic rings. The van der Waals surface area contributed by atoms with Crippen molar-refractivity contribution < 1.29 is 9.53 Å². The van der Waals surface area contributed by atoms with Crippen LogP contribution in [-0.4, -0.2) is 34.9 Å². The van der Waals surface area contributed by atoms with E-state index < -0.39 is 0 Å². The Hall–Kier alpha value is -2.57. The minimum atomic E-state index is -0.315. The number of H-pyrrole nitrogens is 1. The Kier molecular flexibility index (Phi) is 4.33. The molecule has 0 spiro atoms. The monoisotopic (exact) mass is 261 g/mol. The third kappa shape index (κ3) is 3.98. The van der Waals surface area contributed by atoms with Crippen molar-refractivity contribution in [2.24, 2.45) is 0 Å². The summed E-state index contributed by atoms with van der Waals surface area (Å²) in [6.45, 7) is 0.534. The molecule has 0 unspecified atom stereocenters. The number of amides is 2.